The van der Waals surface area contributed by atoms with Crippen LogP contribution in [0.3, 0.4) is 0 Å². The first kappa shape index (κ1) is 13.5. The maximum absolute atomic E-state index is 11.5. The van der Waals surface area contributed by atoms with E-state index in [4.69, 9.17) is 14.2 Å². The molecular weight excluding hydrogens is 246 g/mol. The van der Waals surface area contributed by atoms with E-state index >= 15 is 0 Å². The number of carbonyl (C=O) groups excluding carboxylic acids is 1. The molecule has 0 aromatic heterocycles. The third-order valence-electron chi connectivity index (χ3n) is 3.37. The second kappa shape index (κ2) is 4.99. The number of hydrogen-bond donors (Lipinski definition) is 1. The van der Waals surface area contributed by atoms with E-state index in [0.717, 1.165) is 5.56 Å². The van der Waals surface area contributed by atoms with Crippen molar-refractivity contribution in [3.8, 4) is 11.5 Å². The molecule has 0 radical (unpaired) electrons. The maximum Gasteiger partial charge on any atom is 0.407 e. The van der Waals surface area contributed by atoms with E-state index in [2.05, 4.69) is 5.32 Å². The fourth-order valence-corrected chi connectivity index (χ4v) is 2.32. The highest BCUT2D eigenvalue weighted by Gasteiger charge is 2.40. The average Bonchev–Trinajstić information content (AvgIpc) is 2.40. The number of alkyl carbamates (subject to hydrolysis) is 1. The van der Waals surface area contributed by atoms with Crippen molar-refractivity contribution < 1.29 is 19.0 Å². The second-order valence-corrected chi connectivity index (χ2v) is 5.22. The third kappa shape index (κ3) is 2.45. The minimum atomic E-state index is -0.419. The molecule has 0 spiro atoms. The van der Waals surface area contributed by atoms with Crippen molar-refractivity contribution in [1.82, 2.24) is 5.32 Å². The highest BCUT2D eigenvalue weighted by atomic mass is 16.6. The molecule has 2 rings (SSSR count). The molecule has 1 N–H and O–H groups in total. The minimum absolute atomic E-state index is 0.222. The van der Waals surface area contributed by atoms with E-state index in [0.29, 0.717) is 18.1 Å². The molecule has 1 atom stereocenters. The topological polar surface area (TPSA) is 56.8 Å². The SMILES string of the molecule is COc1cccc(OC)c1[C@H]1NC(=O)OCC1(C)C. The number of rotatable bonds is 3. The van der Waals surface area contributed by atoms with Crippen LogP contribution in [0.4, 0.5) is 4.79 Å². The number of carbonyl (C=O) groups is 1. The van der Waals surface area contributed by atoms with Gasteiger partial charge in [0, 0.05) is 5.41 Å². The minimum Gasteiger partial charge on any atom is -0.496 e. The molecule has 19 heavy (non-hydrogen) atoms. The van der Waals surface area contributed by atoms with Crippen molar-refractivity contribution in [3.63, 3.8) is 0 Å². The fraction of sp³-hybridized carbons (Fsp3) is 0.500. The Morgan fingerprint density at radius 2 is 1.84 bits per heavy atom. The Labute approximate surface area is 112 Å². The van der Waals surface area contributed by atoms with Crippen molar-refractivity contribution >= 4 is 6.09 Å². The zero-order valence-electron chi connectivity index (χ0n) is 11.6. The van der Waals surface area contributed by atoms with Crippen LogP contribution >= 0.6 is 0 Å². The summed E-state index contributed by atoms with van der Waals surface area (Å²) in [7, 11) is 3.21. The van der Waals surface area contributed by atoms with E-state index < -0.39 is 6.09 Å². The molecule has 0 aliphatic carbocycles. The first-order valence-corrected chi connectivity index (χ1v) is 6.14. The van der Waals surface area contributed by atoms with Gasteiger partial charge in [-0.15, -0.1) is 0 Å². The lowest BCUT2D eigenvalue weighted by Crippen LogP contribution is -2.47. The lowest BCUT2D eigenvalue weighted by molar-refractivity contribution is 0.0374. The summed E-state index contributed by atoms with van der Waals surface area (Å²) in [5.41, 5.74) is 0.588. The van der Waals surface area contributed by atoms with Gasteiger partial charge in [-0.3, -0.25) is 0 Å². The lowest BCUT2D eigenvalue weighted by atomic mass is 9.79. The zero-order chi connectivity index (χ0) is 14.0. The van der Waals surface area contributed by atoms with Gasteiger partial charge in [-0.05, 0) is 12.1 Å². The molecule has 1 fully saturated rings. The van der Waals surface area contributed by atoms with Crippen LogP contribution in [0.5, 0.6) is 11.5 Å². The van der Waals surface area contributed by atoms with Crippen molar-refractivity contribution in [3.05, 3.63) is 23.8 Å². The standard InChI is InChI=1S/C14H19NO4/c1-14(2)8-19-13(16)15-12(14)11-9(17-3)6-5-7-10(11)18-4/h5-7,12H,8H2,1-4H3,(H,15,16)/t12-/m1/s1. The van der Waals surface area contributed by atoms with E-state index in [-0.39, 0.29) is 11.5 Å². The van der Waals surface area contributed by atoms with Crippen LogP contribution in [0, 0.1) is 5.41 Å². The Balaban J connectivity index is 2.52. The number of amides is 1. The second-order valence-electron chi connectivity index (χ2n) is 5.22. The molecule has 1 amide bonds. The van der Waals surface area contributed by atoms with Gasteiger partial charge >= 0.3 is 6.09 Å². The number of methoxy groups -OCH3 is 2. The smallest absolute Gasteiger partial charge is 0.407 e. The molecule has 5 heteroatoms. The lowest BCUT2D eigenvalue weighted by Gasteiger charge is -2.39. The van der Waals surface area contributed by atoms with Crippen LogP contribution in [-0.4, -0.2) is 26.9 Å². The monoisotopic (exact) mass is 265 g/mol. The van der Waals surface area contributed by atoms with Gasteiger partial charge in [0.15, 0.2) is 0 Å². The molecule has 5 nitrogen and oxygen atoms in total. The van der Waals surface area contributed by atoms with Gasteiger partial charge in [0.25, 0.3) is 0 Å². The highest BCUT2D eigenvalue weighted by molar-refractivity contribution is 5.70. The van der Waals surface area contributed by atoms with E-state index in [1.165, 1.54) is 0 Å². The summed E-state index contributed by atoms with van der Waals surface area (Å²) in [6, 6.07) is 5.35. The van der Waals surface area contributed by atoms with Gasteiger partial charge in [0.05, 0.1) is 25.8 Å². The summed E-state index contributed by atoms with van der Waals surface area (Å²) >= 11 is 0. The molecule has 0 bridgehead atoms. The molecule has 1 aromatic carbocycles. The van der Waals surface area contributed by atoms with Crippen LogP contribution in [0.2, 0.25) is 0 Å². The van der Waals surface area contributed by atoms with Gasteiger partial charge < -0.3 is 19.5 Å². The van der Waals surface area contributed by atoms with Crippen LogP contribution in [0.25, 0.3) is 0 Å². The van der Waals surface area contributed by atoms with E-state index in [1.54, 1.807) is 14.2 Å². The summed E-state index contributed by atoms with van der Waals surface area (Å²) in [6.07, 6.45) is -0.419. The van der Waals surface area contributed by atoms with Gasteiger partial charge in [-0.25, -0.2) is 4.79 Å². The summed E-state index contributed by atoms with van der Waals surface area (Å²) in [4.78, 5) is 11.5. The number of benzene rings is 1. The summed E-state index contributed by atoms with van der Waals surface area (Å²) in [5, 5.41) is 2.85. The number of nitrogens with one attached hydrogen (secondary N) is 1. The summed E-state index contributed by atoms with van der Waals surface area (Å²) in [6.45, 7) is 4.41. The number of cyclic esters (lactones) is 1. The van der Waals surface area contributed by atoms with Crippen LogP contribution in [-0.2, 0) is 4.74 Å². The third-order valence-corrected chi connectivity index (χ3v) is 3.37. The van der Waals surface area contributed by atoms with Crippen LogP contribution in [0.15, 0.2) is 18.2 Å². The normalized spacial score (nSPS) is 21.3. The Morgan fingerprint density at radius 1 is 1.26 bits per heavy atom. The molecular formula is C14H19NO4. The molecule has 0 unspecified atom stereocenters. The van der Waals surface area contributed by atoms with Crippen molar-refractivity contribution in [2.45, 2.75) is 19.9 Å². The fourth-order valence-electron chi connectivity index (χ4n) is 2.32. The van der Waals surface area contributed by atoms with E-state index in [1.807, 2.05) is 32.0 Å². The Hall–Kier alpha value is -1.91. The van der Waals surface area contributed by atoms with Gasteiger partial charge in [0.2, 0.25) is 0 Å². The quantitative estimate of drug-likeness (QED) is 0.912. The maximum atomic E-state index is 11.5. The molecule has 1 aliphatic heterocycles. The van der Waals surface area contributed by atoms with Gasteiger partial charge in [0.1, 0.15) is 18.1 Å². The summed E-state index contributed by atoms with van der Waals surface area (Å²) < 4.78 is 15.9. The van der Waals surface area contributed by atoms with E-state index in [9.17, 15) is 4.79 Å². The highest BCUT2D eigenvalue weighted by Crippen LogP contribution is 2.44. The summed E-state index contributed by atoms with van der Waals surface area (Å²) in [5.74, 6) is 1.39. The first-order chi connectivity index (χ1) is 8.99. The molecule has 1 aliphatic rings. The van der Waals surface area contributed by atoms with Crippen LogP contribution < -0.4 is 14.8 Å². The molecule has 104 valence electrons. The van der Waals surface area contributed by atoms with Crippen molar-refractivity contribution in [1.29, 1.82) is 0 Å². The molecule has 1 heterocycles. The number of hydrogen-bond acceptors (Lipinski definition) is 4. The molecule has 1 saturated heterocycles. The predicted molar refractivity (Wildman–Crippen MR) is 70.6 cm³/mol. The largest absolute Gasteiger partial charge is 0.496 e. The predicted octanol–water partition coefficient (Wildman–Crippen LogP) is 2.51. The van der Waals surface area contributed by atoms with Crippen LogP contribution in [0.1, 0.15) is 25.5 Å². The zero-order valence-corrected chi connectivity index (χ0v) is 11.6. The van der Waals surface area contributed by atoms with Crippen molar-refractivity contribution in [2.75, 3.05) is 20.8 Å². The Kier molecular flexibility index (Phi) is 3.55. The Morgan fingerprint density at radius 3 is 2.37 bits per heavy atom. The number of ether oxygens (including phenoxy) is 3. The Bertz CT molecular complexity index is 462. The van der Waals surface area contributed by atoms with Crippen molar-refractivity contribution in [2.24, 2.45) is 5.41 Å². The first-order valence-electron chi connectivity index (χ1n) is 6.14. The average molecular weight is 265 g/mol. The molecule has 0 saturated carbocycles. The molecule has 1 aromatic rings. The van der Waals surface area contributed by atoms with Gasteiger partial charge in [-0.2, -0.15) is 0 Å². The van der Waals surface area contributed by atoms with Gasteiger partial charge in [-0.1, -0.05) is 19.9 Å².